The molecule has 2 saturated heterocycles. The molecule has 0 aromatic carbocycles. The summed E-state index contributed by atoms with van der Waals surface area (Å²) in [6.07, 6.45) is 3.72. The average Bonchev–Trinajstić information content (AvgIpc) is 3.20. The number of anilines is 2. The molecule has 0 radical (unpaired) electrons. The van der Waals surface area contributed by atoms with Gasteiger partial charge in [0.2, 0.25) is 11.9 Å². The zero-order valence-corrected chi connectivity index (χ0v) is 15.5. The highest BCUT2D eigenvalue weighted by Crippen LogP contribution is 2.27. The Morgan fingerprint density at radius 3 is 3.04 bits per heavy atom. The Bertz CT molecular complexity index is 606. The molecule has 0 unspecified atom stereocenters. The lowest BCUT2D eigenvalue weighted by molar-refractivity contribution is -0.133. The molecule has 2 fully saturated rings. The molecule has 0 saturated carbocycles. The molecule has 8 heteroatoms. The molecule has 1 aromatic rings. The molecule has 26 heavy (non-hydrogen) atoms. The maximum Gasteiger partial charge on any atom is 0.224 e. The van der Waals surface area contributed by atoms with E-state index < -0.39 is 0 Å². The minimum Gasteiger partial charge on any atom is -0.395 e. The zero-order chi connectivity index (χ0) is 18.4. The average molecular weight is 363 g/mol. The van der Waals surface area contributed by atoms with Crippen LogP contribution in [0.2, 0.25) is 0 Å². The first-order chi connectivity index (χ1) is 12.7. The van der Waals surface area contributed by atoms with Gasteiger partial charge < -0.3 is 25.0 Å². The van der Waals surface area contributed by atoms with Crippen molar-refractivity contribution in [3.05, 3.63) is 11.8 Å². The minimum atomic E-state index is 0.0301. The van der Waals surface area contributed by atoms with E-state index in [1.807, 2.05) is 18.0 Å². The van der Waals surface area contributed by atoms with Crippen molar-refractivity contribution in [2.75, 3.05) is 63.3 Å². The van der Waals surface area contributed by atoms with Crippen molar-refractivity contribution >= 4 is 17.7 Å². The van der Waals surface area contributed by atoms with Crippen LogP contribution < -0.4 is 10.2 Å². The maximum atomic E-state index is 12.0. The fraction of sp³-hybridized carbons (Fsp3) is 0.722. The Kier molecular flexibility index (Phi) is 6.62. The van der Waals surface area contributed by atoms with Gasteiger partial charge in [0.25, 0.3) is 0 Å². The van der Waals surface area contributed by atoms with Gasteiger partial charge >= 0.3 is 0 Å². The number of piperidine rings is 1. The number of carbonyl (C=O) groups excluding carboxylic acids is 1. The van der Waals surface area contributed by atoms with Gasteiger partial charge in [-0.3, -0.25) is 4.79 Å². The van der Waals surface area contributed by atoms with E-state index in [9.17, 15) is 4.79 Å². The van der Waals surface area contributed by atoms with E-state index in [0.717, 1.165) is 50.5 Å². The van der Waals surface area contributed by atoms with Crippen LogP contribution in [0.25, 0.3) is 0 Å². The Labute approximate surface area is 154 Å². The van der Waals surface area contributed by atoms with Crippen molar-refractivity contribution in [1.82, 2.24) is 14.9 Å². The van der Waals surface area contributed by atoms with Crippen molar-refractivity contribution in [2.45, 2.75) is 31.6 Å². The van der Waals surface area contributed by atoms with Crippen LogP contribution in [0.15, 0.2) is 6.07 Å². The standard InChI is InChI=1S/C18H29N5O3/c1-22(8-9-23-7-3-2-4-17(23)25)16-12-15(14-5-11-26-13-14)20-18(21-16)19-6-10-24/h12,14,24H,2-11,13H2,1H3,(H,19,20,21)/t14-/m1/s1. The quantitative estimate of drug-likeness (QED) is 0.707. The molecule has 0 spiro atoms. The summed E-state index contributed by atoms with van der Waals surface area (Å²) in [5.41, 5.74) is 0.967. The SMILES string of the molecule is CN(CCN1CCCCC1=O)c1cc([C@@H]2CCOC2)nc(NCCO)n1. The summed E-state index contributed by atoms with van der Waals surface area (Å²) in [4.78, 5) is 25.1. The van der Waals surface area contributed by atoms with Crippen molar-refractivity contribution in [3.8, 4) is 0 Å². The summed E-state index contributed by atoms with van der Waals surface area (Å²) in [5, 5.41) is 12.1. The Morgan fingerprint density at radius 2 is 2.31 bits per heavy atom. The van der Waals surface area contributed by atoms with Crippen LogP contribution in [-0.2, 0) is 9.53 Å². The van der Waals surface area contributed by atoms with Gasteiger partial charge in [-0.05, 0) is 19.3 Å². The van der Waals surface area contributed by atoms with Crippen LogP contribution in [0, 0.1) is 0 Å². The molecular formula is C18H29N5O3. The van der Waals surface area contributed by atoms with Crippen molar-refractivity contribution in [2.24, 2.45) is 0 Å². The lowest BCUT2D eigenvalue weighted by Gasteiger charge is -2.29. The Balaban J connectivity index is 1.69. The summed E-state index contributed by atoms with van der Waals surface area (Å²) in [6, 6.07) is 2.02. The highest BCUT2D eigenvalue weighted by molar-refractivity contribution is 5.76. The second-order valence-electron chi connectivity index (χ2n) is 6.94. The summed E-state index contributed by atoms with van der Waals surface area (Å²) >= 11 is 0. The molecule has 2 aliphatic heterocycles. The van der Waals surface area contributed by atoms with Crippen LogP contribution in [0.4, 0.5) is 11.8 Å². The number of hydrogen-bond donors (Lipinski definition) is 2. The smallest absolute Gasteiger partial charge is 0.224 e. The third kappa shape index (κ3) is 4.82. The van der Waals surface area contributed by atoms with Gasteiger partial charge in [-0.15, -0.1) is 0 Å². The van der Waals surface area contributed by atoms with Gasteiger partial charge in [-0.25, -0.2) is 4.98 Å². The number of amides is 1. The van der Waals surface area contributed by atoms with Crippen molar-refractivity contribution in [3.63, 3.8) is 0 Å². The number of likely N-dealkylation sites (tertiary alicyclic amines) is 1. The summed E-state index contributed by atoms with van der Waals surface area (Å²) < 4.78 is 5.49. The summed E-state index contributed by atoms with van der Waals surface area (Å²) in [7, 11) is 1.99. The van der Waals surface area contributed by atoms with E-state index in [-0.39, 0.29) is 18.4 Å². The number of aliphatic hydroxyl groups is 1. The number of carbonyl (C=O) groups is 1. The maximum absolute atomic E-state index is 12.0. The normalized spacial score (nSPS) is 20.5. The van der Waals surface area contributed by atoms with Gasteiger partial charge in [0, 0.05) is 58.2 Å². The fourth-order valence-electron chi connectivity index (χ4n) is 3.36. The molecular weight excluding hydrogens is 334 g/mol. The van der Waals surface area contributed by atoms with E-state index >= 15 is 0 Å². The number of aliphatic hydroxyl groups excluding tert-OH is 1. The first-order valence-electron chi connectivity index (χ1n) is 9.47. The van der Waals surface area contributed by atoms with Crippen molar-refractivity contribution < 1.29 is 14.6 Å². The Morgan fingerprint density at radius 1 is 1.42 bits per heavy atom. The summed E-state index contributed by atoms with van der Waals surface area (Å²) in [5.74, 6) is 1.89. The number of rotatable bonds is 8. The van der Waals surface area contributed by atoms with Gasteiger partial charge in [0.05, 0.1) is 18.9 Å². The number of nitrogens with zero attached hydrogens (tertiary/aromatic N) is 4. The molecule has 1 aromatic heterocycles. The molecule has 1 atom stereocenters. The lowest BCUT2D eigenvalue weighted by atomic mass is 10.0. The molecule has 8 nitrogen and oxygen atoms in total. The van der Waals surface area contributed by atoms with Gasteiger partial charge in [0.15, 0.2) is 0 Å². The minimum absolute atomic E-state index is 0.0301. The van der Waals surface area contributed by atoms with E-state index in [1.165, 1.54) is 0 Å². The second kappa shape index (κ2) is 9.14. The number of ether oxygens (including phenoxy) is 1. The van der Waals surface area contributed by atoms with Gasteiger partial charge in [-0.2, -0.15) is 4.98 Å². The van der Waals surface area contributed by atoms with E-state index in [0.29, 0.717) is 32.1 Å². The van der Waals surface area contributed by atoms with Crippen LogP contribution in [0.5, 0.6) is 0 Å². The fourth-order valence-corrected chi connectivity index (χ4v) is 3.36. The van der Waals surface area contributed by atoms with Crippen LogP contribution >= 0.6 is 0 Å². The van der Waals surface area contributed by atoms with Crippen molar-refractivity contribution in [1.29, 1.82) is 0 Å². The van der Waals surface area contributed by atoms with Crippen LogP contribution in [-0.4, -0.2) is 78.9 Å². The Hall–Kier alpha value is -1.93. The first-order valence-corrected chi connectivity index (χ1v) is 9.47. The number of aromatic nitrogens is 2. The van der Waals surface area contributed by atoms with Gasteiger partial charge in [0.1, 0.15) is 5.82 Å². The topological polar surface area (TPSA) is 90.8 Å². The van der Waals surface area contributed by atoms with Crippen LogP contribution in [0.3, 0.4) is 0 Å². The van der Waals surface area contributed by atoms with Gasteiger partial charge in [-0.1, -0.05) is 0 Å². The molecule has 2 aliphatic rings. The number of nitrogens with one attached hydrogen (secondary N) is 1. The molecule has 144 valence electrons. The summed E-state index contributed by atoms with van der Waals surface area (Å²) in [6.45, 7) is 4.17. The molecule has 3 rings (SSSR count). The third-order valence-electron chi connectivity index (χ3n) is 4.99. The zero-order valence-electron chi connectivity index (χ0n) is 15.5. The third-order valence-corrected chi connectivity index (χ3v) is 4.99. The highest BCUT2D eigenvalue weighted by Gasteiger charge is 2.22. The second-order valence-corrected chi connectivity index (χ2v) is 6.94. The van der Waals surface area contributed by atoms with E-state index in [1.54, 1.807) is 0 Å². The predicted octanol–water partition coefficient (Wildman–Crippen LogP) is 0.833. The molecule has 1 amide bonds. The predicted molar refractivity (Wildman–Crippen MR) is 99.5 cm³/mol. The largest absolute Gasteiger partial charge is 0.395 e. The van der Waals surface area contributed by atoms with E-state index in [2.05, 4.69) is 20.2 Å². The first kappa shape index (κ1) is 18.8. The molecule has 0 aliphatic carbocycles. The molecule has 3 heterocycles. The number of likely N-dealkylation sites (N-methyl/N-ethyl adjacent to an activating group) is 1. The number of hydrogen-bond acceptors (Lipinski definition) is 7. The molecule has 2 N–H and O–H groups in total. The monoisotopic (exact) mass is 363 g/mol. The van der Waals surface area contributed by atoms with Crippen LogP contribution in [0.1, 0.15) is 37.3 Å². The highest BCUT2D eigenvalue weighted by atomic mass is 16.5. The van der Waals surface area contributed by atoms with E-state index in [4.69, 9.17) is 9.84 Å². The lowest BCUT2D eigenvalue weighted by Crippen LogP contribution is -2.40. The molecule has 0 bridgehead atoms.